The Morgan fingerprint density at radius 1 is 1.44 bits per heavy atom. The zero-order valence-electron chi connectivity index (χ0n) is 18.6. The zero-order chi connectivity index (χ0) is 24.6. The number of nitrogens with one attached hydrogen (secondary N) is 1. The quantitative estimate of drug-likeness (QED) is 0.185. The van der Waals surface area contributed by atoms with Crippen LogP contribution in [0.5, 0.6) is 0 Å². The Bertz CT molecular complexity index is 1110. The van der Waals surface area contributed by atoms with Crippen molar-refractivity contribution >= 4 is 51.9 Å². The van der Waals surface area contributed by atoms with Gasteiger partial charge in [-0.05, 0) is 11.6 Å². The zero-order valence-corrected chi connectivity index (χ0v) is 20.2. The topological polar surface area (TPSA) is 172 Å². The average molecular weight is 510 g/mol. The molecule has 0 aromatic carbocycles. The van der Waals surface area contributed by atoms with Gasteiger partial charge in [0.05, 0.1) is 25.8 Å². The lowest BCUT2D eigenvalue weighted by atomic mass is 10.0. The number of oxime groups is 1. The summed E-state index contributed by atoms with van der Waals surface area (Å²) < 4.78 is 4.35. The number of quaternary nitrogens is 1. The second kappa shape index (κ2) is 9.32. The van der Waals surface area contributed by atoms with Gasteiger partial charge in [0.25, 0.3) is 11.8 Å². The highest BCUT2D eigenvalue weighted by Gasteiger charge is 2.53. The molecule has 0 radical (unpaired) electrons. The minimum Gasteiger partial charge on any atom is -0.543 e. The van der Waals surface area contributed by atoms with Crippen LogP contribution in [0.25, 0.3) is 0 Å². The number of anilines is 1. The minimum absolute atomic E-state index is 0.0412. The van der Waals surface area contributed by atoms with Crippen molar-refractivity contribution in [3.05, 3.63) is 29.2 Å². The lowest BCUT2D eigenvalue weighted by Crippen LogP contribution is -2.71. The minimum atomic E-state index is -1.46. The first-order chi connectivity index (χ1) is 16.1. The van der Waals surface area contributed by atoms with Gasteiger partial charge in [-0.3, -0.25) is 14.5 Å². The third kappa shape index (κ3) is 4.64. The molecule has 1 aromatic rings. The highest BCUT2D eigenvalue weighted by Crippen LogP contribution is 2.40. The summed E-state index contributed by atoms with van der Waals surface area (Å²) in [6.07, 6.45) is 4.12. The Hall–Kier alpha value is -3.01. The Labute approximate surface area is 203 Å². The normalized spacial score (nSPS) is 26.4. The molecule has 2 amide bonds. The van der Waals surface area contributed by atoms with Crippen molar-refractivity contribution in [3.63, 3.8) is 0 Å². The third-order valence-electron chi connectivity index (χ3n) is 5.41. The number of β-lactam (4-membered cyclic amide) rings is 1. The van der Waals surface area contributed by atoms with Gasteiger partial charge >= 0.3 is 0 Å². The molecule has 0 spiro atoms. The Kier molecular flexibility index (Phi) is 6.62. The molecule has 182 valence electrons. The van der Waals surface area contributed by atoms with Gasteiger partial charge in [0.15, 0.2) is 5.13 Å². The molecule has 2 fully saturated rings. The van der Waals surface area contributed by atoms with Gasteiger partial charge in [-0.15, -0.1) is 11.8 Å². The van der Waals surface area contributed by atoms with E-state index in [4.69, 9.17) is 15.4 Å². The number of fused-ring (bicyclic) bond motifs is 1. The molecule has 34 heavy (non-hydrogen) atoms. The summed E-state index contributed by atoms with van der Waals surface area (Å²) in [4.78, 5) is 53.1. The van der Waals surface area contributed by atoms with Gasteiger partial charge in [-0.2, -0.15) is 18.8 Å². The molecule has 0 aliphatic carbocycles. The summed E-state index contributed by atoms with van der Waals surface area (Å²) in [7, 11) is 5.13. The predicted octanol–water partition coefficient (Wildman–Crippen LogP) is -1.79. The number of thioether (sulfide) groups is 1. The van der Waals surface area contributed by atoms with Gasteiger partial charge in [0.2, 0.25) is 11.5 Å². The molecule has 3 aliphatic rings. The van der Waals surface area contributed by atoms with E-state index in [-0.39, 0.29) is 28.5 Å². The summed E-state index contributed by atoms with van der Waals surface area (Å²) in [5, 5.41) is 17.6. The number of nitrogen functional groups attached to an aromatic ring is 1. The van der Waals surface area contributed by atoms with Crippen LogP contribution in [0, 0.1) is 0 Å². The van der Waals surface area contributed by atoms with Crippen LogP contribution in [0.2, 0.25) is 0 Å². The van der Waals surface area contributed by atoms with Crippen molar-refractivity contribution in [1.29, 1.82) is 0 Å². The molecule has 1 aromatic heterocycles. The second-order valence-corrected chi connectivity index (χ2v) is 10.1. The van der Waals surface area contributed by atoms with E-state index < -0.39 is 29.2 Å². The molecule has 4 heterocycles. The van der Waals surface area contributed by atoms with Crippen molar-refractivity contribution in [2.24, 2.45) is 5.16 Å². The fourth-order valence-electron chi connectivity index (χ4n) is 3.84. The van der Waals surface area contributed by atoms with Gasteiger partial charge < -0.3 is 25.8 Å². The van der Waals surface area contributed by atoms with Gasteiger partial charge in [-0.25, -0.2) is 0 Å². The van der Waals surface area contributed by atoms with Crippen LogP contribution >= 0.6 is 23.3 Å². The lowest BCUT2D eigenvalue weighted by Gasteiger charge is -2.50. The summed E-state index contributed by atoms with van der Waals surface area (Å²) in [6, 6.07) is -0.966. The van der Waals surface area contributed by atoms with E-state index in [1.54, 1.807) is 12.2 Å². The number of hydroxylamine groups is 3. The van der Waals surface area contributed by atoms with Crippen LogP contribution in [0.3, 0.4) is 0 Å². The standard InChI is InChI=1S/C19H23N7O6S2/c1-26(2)7-6-10(32-26)5-4-9-8-33-17-12(16(28)25(17)13(9)18(29)30)21-15(27)11(23-31-3)14-22-19(20)34-24-14/h4-5,10,12,17H,6-8H2,1-3H3,(H3-,20,21,22,24,27,29,30)/b5-4+,23-11-/t10-,12+,17+/m0/s1. The maximum absolute atomic E-state index is 12.9. The summed E-state index contributed by atoms with van der Waals surface area (Å²) in [5.74, 6) is -2.51. The van der Waals surface area contributed by atoms with Crippen molar-refractivity contribution in [3.8, 4) is 0 Å². The van der Waals surface area contributed by atoms with E-state index in [0.717, 1.165) is 29.4 Å². The van der Waals surface area contributed by atoms with Gasteiger partial charge in [-0.1, -0.05) is 11.2 Å². The highest BCUT2D eigenvalue weighted by molar-refractivity contribution is 8.00. The monoisotopic (exact) mass is 509 g/mol. The predicted molar refractivity (Wildman–Crippen MR) is 121 cm³/mol. The van der Waals surface area contributed by atoms with Gasteiger partial charge in [0.1, 0.15) is 31.2 Å². The smallest absolute Gasteiger partial charge is 0.278 e. The summed E-state index contributed by atoms with van der Waals surface area (Å²) >= 11 is 2.21. The van der Waals surface area contributed by atoms with Crippen LogP contribution in [0.4, 0.5) is 5.13 Å². The fourth-order valence-corrected chi connectivity index (χ4v) is 5.59. The average Bonchev–Trinajstić information content (AvgIpc) is 3.37. The molecule has 0 unspecified atom stereocenters. The number of aliphatic carboxylic acids is 1. The maximum atomic E-state index is 12.9. The van der Waals surface area contributed by atoms with E-state index in [1.165, 1.54) is 18.9 Å². The van der Waals surface area contributed by atoms with Crippen LogP contribution in [0.1, 0.15) is 12.2 Å². The Morgan fingerprint density at radius 2 is 2.21 bits per heavy atom. The first-order valence-corrected chi connectivity index (χ1v) is 12.0. The van der Waals surface area contributed by atoms with Crippen LogP contribution in [0.15, 0.2) is 28.6 Å². The maximum Gasteiger partial charge on any atom is 0.278 e. The number of nitrogens with zero attached hydrogens (tertiary/aromatic N) is 5. The van der Waals surface area contributed by atoms with E-state index >= 15 is 0 Å². The molecule has 0 saturated carbocycles. The number of hydrogen-bond acceptors (Lipinski definition) is 12. The number of carboxylic acids is 1. The van der Waals surface area contributed by atoms with Crippen molar-refractivity contribution in [1.82, 2.24) is 19.6 Å². The summed E-state index contributed by atoms with van der Waals surface area (Å²) in [5.41, 5.74) is 5.56. The molecular formula is C19H23N7O6S2. The highest BCUT2D eigenvalue weighted by atomic mass is 32.2. The molecular weight excluding hydrogens is 486 g/mol. The SMILES string of the molecule is CO/N=C(\C(=O)N[C@@H]1C(=O)N2C(C(=O)[O-])=C(/C=C/[C@H]3CC[N+](C)(C)O3)CS[C@H]12)c1nsc(N)n1. The Morgan fingerprint density at radius 3 is 2.79 bits per heavy atom. The van der Waals surface area contributed by atoms with Gasteiger partial charge in [0, 0.05) is 23.7 Å². The number of amides is 2. The molecule has 0 bridgehead atoms. The first kappa shape index (κ1) is 24.1. The number of allylic oxidation sites excluding steroid dienone is 1. The van der Waals surface area contributed by atoms with E-state index in [9.17, 15) is 19.5 Å². The molecule has 3 aliphatic heterocycles. The van der Waals surface area contributed by atoms with E-state index in [2.05, 4.69) is 19.8 Å². The molecule has 2 saturated heterocycles. The van der Waals surface area contributed by atoms with Crippen molar-refractivity contribution in [2.45, 2.75) is 23.9 Å². The van der Waals surface area contributed by atoms with E-state index in [1.807, 2.05) is 14.1 Å². The second-order valence-electron chi connectivity index (χ2n) is 8.19. The number of nitrogens with two attached hydrogens (primary N) is 1. The molecule has 15 heteroatoms. The number of carbonyl (C=O) groups excluding carboxylic acids is 3. The summed E-state index contributed by atoms with van der Waals surface area (Å²) in [6.45, 7) is 0.835. The molecule has 3 atom stereocenters. The first-order valence-electron chi connectivity index (χ1n) is 10.2. The van der Waals surface area contributed by atoms with Crippen molar-refractivity contribution < 1.29 is 33.8 Å². The largest absolute Gasteiger partial charge is 0.543 e. The number of aromatic nitrogens is 2. The number of rotatable bonds is 7. The molecule has 3 N–H and O–H groups in total. The van der Waals surface area contributed by atoms with Crippen LogP contribution < -0.4 is 16.2 Å². The molecule has 13 nitrogen and oxygen atoms in total. The number of carboxylic acid groups (broad SMARTS) is 1. The number of hydrogen-bond donors (Lipinski definition) is 2. The molecule has 4 rings (SSSR count). The van der Waals surface area contributed by atoms with Crippen molar-refractivity contribution in [2.75, 3.05) is 39.2 Å². The number of carbonyl (C=O) groups is 3. The fraction of sp³-hybridized carbons (Fsp3) is 0.474. The van der Waals surface area contributed by atoms with Crippen LogP contribution in [-0.2, 0) is 24.1 Å². The van der Waals surface area contributed by atoms with Crippen LogP contribution in [-0.4, -0.2) is 93.4 Å². The van der Waals surface area contributed by atoms with E-state index in [0.29, 0.717) is 16.0 Å². The lowest BCUT2D eigenvalue weighted by molar-refractivity contribution is -1.06. The Balaban J connectivity index is 1.49. The third-order valence-corrected chi connectivity index (χ3v) is 7.26.